The second-order valence-electron chi connectivity index (χ2n) is 3.64. The number of anilines is 1. The zero-order valence-electron chi connectivity index (χ0n) is 10.2. The summed E-state index contributed by atoms with van der Waals surface area (Å²) in [6.07, 6.45) is 0.979. The fourth-order valence-corrected chi connectivity index (χ4v) is 2.13. The lowest BCUT2D eigenvalue weighted by atomic mass is 10.2. The van der Waals surface area contributed by atoms with Crippen molar-refractivity contribution in [1.82, 2.24) is 5.43 Å². The van der Waals surface area contributed by atoms with Crippen molar-refractivity contribution in [3.8, 4) is 0 Å². The molecule has 8 heteroatoms. The van der Waals surface area contributed by atoms with Gasteiger partial charge in [-0.1, -0.05) is 0 Å². The maximum atomic E-state index is 11.6. The molecule has 2 N–H and O–H groups in total. The summed E-state index contributed by atoms with van der Waals surface area (Å²) in [6.45, 7) is 15.1. The lowest BCUT2D eigenvalue weighted by Gasteiger charge is -2.12. The lowest BCUT2D eigenvalue weighted by molar-refractivity contribution is -0.118. The first-order valence-corrected chi connectivity index (χ1v) is 6.84. The van der Waals surface area contributed by atoms with Crippen LogP contribution in [0.5, 0.6) is 0 Å². The average Bonchev–Trinajstić information content (AvgIpc) is 2.33. The van der Waals surface area contributed by atoms with Crippen molar-refractivity contribution in [2.75, 3.05) is 11.7 Å². The van der Waals surface area contributed by atoms with Crippen LogP contribution in [-0.4, -0.2) is 20.6 Å². The van der Waals surface area contributed by atoms with E-state index in [0.717, 1.165) is 12.3 Å². The molecule has 1 amide bonds. The first-order valence-electron chi connectivity index (χ1n) is 4.95. The number of sulfone groups is 1. The van der Waals surface area contributed by atoms with Gasteiger partial charge in [-0.05, 0) is 12.1 Å². The number of benzene rings is 1. The lowest BCUT2D eigenvalue weighted by Crippen LogP contribution is -2.27. The molecule has 0 bridgehead atoms. The van der Waals surface area contributed by atoms with Gasteiger partial charge in [0.25, 0.3) is 0 Å². The first-order chi connectivity index (χ1) is 8.79. The Labute approximate surface area is 110 Å². The van der Waals surface area contributed by atoms with Gasteiger partial charge in [0.15, 0.2) is 21.2 Å². The third-order valence-electron chi connectivity index (χ3n) is 2.09. The Hall–Kier alpha value is -2.58. The standard InChI is InChI=1S/C11H10N4O3S/c1-7(16)14-15-10-5-8(12-2)9(13-3)6-11(10)19(4,17)18/h5-6,15H,1,4H3,(H,14,16). The molecule has 0 aliphatic carbocycles. The molecule has 1 aromatic rings. The third kappa shape index (κ3) is 3.44. The minimum Gasteiger partial charge on any atom is -0.299 e. The van der Waals surface area contributed by atoms with E-state index in [-0.39, 0.29) is 22.0 Å². The smallest absolute Gasteiger partial charge is 0.235 e. The van der Waals surface area contributed by atoms with Crippen LogP contribution >= 0.6 is 0 Å². The Morgan fingerprint density at radius 3 is 2.16 bits per heavy atom. The summed E-state index contributed by atoms with van der Waals surface area (Å²) in [5, 5.41) is 0. The number of nitrogens with zero attached hydrogens (tertiary/aromatic N) is 2. The summed E-state index contributed by atoms with van der Waals surface area (Å²) in [5.74, 6) is -0.418. The number of carbonyl (C=O) groups excluding carboxylic acids is 1. The van der Waals surface area contributed by atoms with Crippen LogP contribution in [0.25, 0.3) is 9.69 Å². The summed E-state index contributed by atoms with van der Waals surface area (Å²) >= 11 is 0. The number of hydrogen-bond acceptors (Lipinski definition) is 4. The van der Waals surface area contributed by atoms with E-state index >= 15 is 0 Å². The van der Waals surface area contributed by atoms with E-state index in [1.165, 1.54) is 13.0 Å². The molecule has 0 saturated heterocycles. The van der Waals surface area contributed by atoms with Gasteiger partial charge in [0, 0.05) is 13.2 Å². The summed E-state index contributed by atoms with van der Waals surface area (Å²) in [5.41, 5.74) is 4.66. The highest BCUT2D eigenvalue weighted by Gasteiger charge is 2.17. The molecule has 0 unspecified atom stereocenters. The quantitative estimate of drug-likeness (QED) is 0.650. The molecular formula is C11H10N4O3S. The van der Waals surface area contributed by atoms with E-state index in [2.05, 4.69) is 20.5 Å². The fraction of sp³-hybridized carbons (Fsp3) is 0.182. The molecule has 1 aromatic carbocycles. The number of amides is 1. The molecule has 0 radical (unpaired) electrons. The maximum absolute atomic E-state index is 11.6. The monoisotopic (exact) mass is 278 g/mol. The molecule has 0 saturated carbocycles. The largest absolute Gasteiger partial charge is 0.299 e. The Morgan fingerprint density at radius 2 is 1.74 bits per heavy atom. The molecule has 0 aliphatic rings. The van der Waals surface area contributed by atoms with Crippen LogP contribution < -0.4 is 10.9 Å². The van der Waals surface area contributed by atoms with Crippen LogP contribution in [0.3, 0.4) is 0 Å². The molecular weight excluding hydrogens is 268 g/mol. The molecule has 98 valence electrons. The van der Waals surface area contributed by atoms with Crippen LogP contribution in [0.15, 0.2) is 17.0 Å². The molecule has 7 nitrogen and oxygen atoms in total. The van der Waals surface area contributed by atoms with Crippen LogP contribution in [0.4, 0.5) is 17.1 Å². The van der Waals surface area contributed by atoms with Gasteiger partial charge in [0.1, 0.15) is 0 Å². The van der Waals surface area contributed by atoms with E-state index < -0.39 is 15.7 Å². The van der Waals surface area contributed by atoms with E-state index in [9.17, 15) is 13.2 Å². The fourth-order valence-electron chi connectivity index (χ4n) is 1.30. The average molecular weight is 278 g/mol. The zero-order valence-corrected chi connectivity index (χ0v) is 11.0. The Morgan fingerprint density at radius 1 is 1.21 bits per heavy atom. The van der Waals surface area contributed by atoms with Crippen molar-refractivity contribution in [2.24, 2.45) is 0 Å². The molecule has 0 aromatic heterocycles. The highest BCUT2D eigenvalue weighted by molar-refractivity contribution is 7.90. The van der Waals surface area contributed by atoms with Crippen molar-refractivity contribution in [2.45, 2.75) is 11.8 Å². The van der Waals surface area contributed by atoms with Crippen molar-refractivity contribution >= 4 is 32.8 Å². The molecule has 0 aliphatic heterocycles. The normalized spacial score (nSPS) is 10.1. The Balaban J connectivity index is 3.47. The summed E-state index contributed by atoms with van der Waals surface area (Å²) < 4.78 is 23.3. The van der Waals surface area contributed by atoms with Gasteiger partial charge >= 0.3 is 0 Å². The molecule has 1 rings (SSSR count). The number of hydrazine groups is 1. The van der Waals surface area contributed by atoms with Crippen LogP contribution in [0.2, 0.25) is 0 Å². The topological polar surface area (TPSA) is 84.0 Å². The molecule has 0 atom stereocenters. The molecule has 0 spiro atoms. The van der Waals surface area contributed by atoms with Crippen LogP contribution in [0.1, 0.15) is 6.92 Å². The van der Waals surface area contributed by atoms with Crippen LogP contribution in [-0.2, 0) is 14.6 Å². The Kier molecular flexibility index (Phi) is 4.10. The van der Waals surface area contributed by atoms with Crippen molar-refractivity contribution in [1.29, 1.82) is 0 Å². The van der Waals surface area contributed by atoms with Gasteiger partial charge in [-0.3, -0.25) is 25.3 Å². The highest BCUT2D eigenvalue weighted by Crippen LogP contribution is 2.36. The van der Waals surface area contributed by atoms with Crippen molar-refractivity contribution in [3.05, 3.63) is 35.0 Å². The SMILES string of the molecule is [C-]#[N+]c1cc(NNC(C)=O)c(S(C)(=O)=O)cc1[N+]#[C-]. The minimum absolute atomic E-state index is 0.00949. The minimum atomic E-state index is -3.60. The van der Waals surface area contributed by atoms with E-state index in [1.54, 1.807) is 0 Å². The number of carbonyl (C=O) groups is 1. The Bertz CT molecular complexity index is 711. The van der Waals surface area contributed by atoms with E-state index in [1.807, 2.05) is 0 Å². The molecule has 0 heterocycles. The summed E-state index contributed by atoms with van der Waals surface area (Å²) in [6, 6.07) is 2.33. The predicted molar refractivity (Wildman–Crippen MR) is 69.5 cm³/mol. The first kappa shape index (κ1) is 14.5. The summed E-state index contributed by atoms with van der Waals surface area (Å²) in [4.78, 5) is 16.9. The predicted octanol–water partition coefficient (Wildman–Crippen LogP) is 1.65. The third-order valence-corrected chi connectivity index (χ3v) is 3.23. The number of nitrogens with one attached hydrogen (secondary N) is 2. The van der Waals surface area contributed by atoms with Gasteiger partial charge in [-0.2, -0.15) is 0 Å². The van der Waals surface area contributed by atoms with Crippen LogP contribution in [0, 0.1) is 13.1 Å². The van der Waals surface area contributed by atoms with E-state index in [4.69, 9.17) is 13.1 Å². The highest BCUT2D eigenvalue weighted by atomic mass is 32.2. The molecule has 19 heavy (non-hydrogen) atoms. The van der Waals surface area contributed by atoms with Gasteiger partial charge in [0.2, 0.25) is 5.91 Å². The maximum Gasteiger partial charge on any atom is 0.235 e. The number of rotatable bonds is 3. The van der Waals surface area contributed by atoms with Crippen molar-refractivity contribution in [3.63, 3.8) is 0 Å². The van der Waals surface area contributed by atoms with Gasteiger partial charge < -0.3 is 0 Å². The number of hydrogen-bond donors (Lipinski definition) is 2. The van der Waals surface area contributed by atoms with E-state index in [0.29, 0.717) is 0 Å². The second kappa shape index (κ2) is 5.38. The molecule has 0 fully saturated rings. The second-order valence-corrected chi connectivity index (χ2v) is 5.62. The van der Waals surface area contributed by atoms with Gasteiger partial charge in [0.05, 0.1) is 23.7 Å². The summed E-state index contributed by atoms with van der Waals surface area (Å²) in [7, 11) is -3.60. The zero-order chi connectivity index (χ0) is 14.6. The van der Waals surface area contributed by atoms with Crippen molar-refractivity contribution < 1.29 is 13.2 Å². The van der Waals surface area contributed by atoms with Gasteiger partial charge in [-0.25, -0.2) is 8.42 Å². The van der Waals surface area contributed by atoms with Gasteiger partial charge in [-0.15, -0.1) is 0 Å².